The van der Waals surface area contributed by atoms with Gasteiger partial charge in [0.2, 0.25) is 10.0 Å². The molecule has 0 spiro atoms. The van der Waals surface area contributed by atoms with Gasteiger partial charge in [0.25, 0.3) is 0 Å². The van der Waals surface area contributed by atoms with Crippen LogP contribution in [-0.4, -0.2) is 20.3 Å². The second kappa shape index (κ2) is 7.38. The van der Waals surface area contributed by atoms with E-state index in [1.807, 2.05) is 19.9 Å². The molecule has 0 amide bonds. The summed E-state index contributed by atoms with van der Waals surface area (Å²) in [7, 11) is -3.32. The lowest BCUT2D eigenvalue weighted by Crippen LogP contribution is -2.25. The van der Waals surface area contributed by atoms with E-state index < -0.39 is 15.3 Å². The second-order valence-electron chi connectivity index (χ2n) is 4.62. The van der Waals surface area contributed by atoms with Gasteiger partial charge < -0.3 is 4.74 Å². The molecule has 1 N–H and O–H groups in total. The summed E-state index contributed by atoms with van der Waals surface area (Å²) in [5.74, 6) is 0.685. The quantitative estimate of drug-likeness (QED) is 0.796. The fourth-order valence-corrected chi connectivity index (χ4v) is 2.90. The first-order chi connectivity index (χ1) is 8.99. The predicted octanol–water partition coefficient (Wildman–Crippen LogP) is 3.41. The number of anilines is 1. The minimum absolute atomic E-state index is 0.391. The standard InChI is InChI=1S/C14H23NO3S/c1-4-7-12(3)19(16,17)15-13-8-6-9-14(11-13)18-10-5-2/h6,8-9,11-12,15H,4-5,7,10H2,1-3H3. The Morgan fingerprint density at radius 1 is 1.26 bits per heavy atom. The maximum atomic E-state index is 12.1. The van der Waals surface area contributed by atoms with Gasteiger partial charge in [-0.3, -0.25) is 4.72 Å². The molecule has 19 heavy (non-hydrogen) atoms. The molecule has 1 aromatic rings. The van der Waals surface area contributed by atoms with Crippen LogP contribution in [0.15, 0.2) is 24.3 Å². The smallest absolute Gasteiger partial charge is 0.235 e. The van der Waals surface area contributed by atoms with Gasteiger partial charge in [0, 0.05) is 6.07 Å². The molecule has 1 rings (SSSR count). The van der Waals surface area contributed by atoms with Crippen molar-refractivity contribution in [3.63, 3.8) is 0 Å². The van der Waals surface area contributed by atoms with Crippen molar-refractivity contribution in [3.05, 3.63) is 24.3 Å². The summed E-state index contributed by atoms with van der Waals surface area (Å²) < 4.78 is 32.2. The van der Waals surface area contributed by atoms with Crippen LogP contribution < -0.4 is 9.46 Å². The van der Waals surface area contributed by atoms with E-state index in [-0.39, 0.29) is 0 Å². The summed E-state index contributed by atoms with van der Waals surface area (Å²) in [5, 5.41) is -0.391. The Kier molecular flexibility index (Phi) is 6.15. The predicted molar refractivity (Wildman–Crippen MR) is 79.1 cm³/mol. The van der Waals surface area contributed by atoms with E-state index in [1.165, 1.54) is 0 Å². The number of ether oxygens (including phenoxy) is 1. The Morgan fingerprint density at radius 2 is 2.00 bits per heavy atom. The minimum Gasteiger partial charge on any atom is -0.494 e. The van der Waals surface area contributed by atoms with Gasteiger partial charge in [-0.25, -0.2) is 8.42 Å². The SMILES string of the molecule is CCCOc1cccc(NS(=O)(=O)C(C)CCC)c1. The Morgan fingerprint density at radius 3 is 2.63 bits per heavy atom. The van der Waals surface area contributed by atoms with E-state index in [9.17, 15) is 8.42 Å². The molecule has 1 unspecified atom stereocenters. The largest absolute Gasteiger partial charge is 0.494 e. The van der Waals surface area contributed by atoms with Crippen molar-refractivity contribution in [1.29, 1.82) is 0 Å². The molecule has 1 aromatic carbocycles. The lowest BCUT2D eigenvalue weighted by Gasteiger charge is -2.14. The molecule has 0 aliphatic rings. The summed E-state index contributed by atoms with van der Waals surface area (Å²) in [6.07, 6.45) is 2.42. The summed E-state index contributed by atoms with van der Waals surface area (Å²) in [5.41, 5.74) is 0.552. The second-order valence-corrected chi connectivity index (χ2v) is 6.72. The van der Waals surface area contributed by atoms with Crippen molar-refractivity contribution in [2.75, 3.05) is 11.3 Å². The Bertz CT molecular complexity index is 485. The van der Waals surface area contributed by atoms with Gasteiger partial charge in [-0.2, -0.15) is 0 Å². The number of hydrogen-bond donors (Lipinski definition) is 1. The van der Waals surface area contributed by atoms with E-state index in [1.54, 1.807) is 25.1 Å². The highest BCUT2D eigenvalue weighted by Gasteiger charge is 2.19. The third-order valence-electron chi connectivity index (χ3n) is 2.79. The number of benzene rings is 1. The molecule has 0 heterocycles. The topological polar surface area (TPSA) is 55.4 Å². The third kappa shape index (κ3) is 5.11. The number of sulfonamides is 1. The van der Waals surface area contributed by atoms with Crippen LogP contribution in [0.3, 0.4) is 0 Å². The summed E-state index contributed by atoms with van der Waals surface area (Å²) in [6, 6.07) is 7.05. The fraction of sp³-hybridized carbons (Fsp3) is 0.571. The Hall–Kier alpha value is -1.23. The first-order valence-electron chi connectivity index (χ1n) is 6.74. The van der Waals surface area contributed by atoms with Crippen molar-refractivity contribution in [2.24, 2.45) is 0 Å². The molecule has 0 aliphatic carbocycles. The van der Waals surface area contributed by atoms with Crippen LogP contribution in [0.5, 0.6) is 5.75 Å². The minimum atomic E-state index is -3.32. The molecule has 0 fully saturated rings. The molecule has 5 heteroatoms. The van der Waals surface area contributed by atoms with Gasteiger partial charge in [0.15, 0.2) is 0 Å². The molecule has 0 radical (unpaired) electrons. The highest BCUT2D eigenvalue weighted by molar-refractivity contribution is 7.93. The first kappa shape index (κ1) is 15.8. The molecule has 4 nitrogen and oxygen atoms in total. The van der Waals surface area contributed by atoms with Gasteiger partial charge in [-0.15, -0.1) is 0 Å². The number of rotatable bonds is 8. The van der Waals surface area contributed by atoms with Gasteiger partial charge in [0.1, 0.15) is 5.75 Å². The summed E-state index contributed by atoms with van der Waals surface area (Å²) >= 11 is 0. The number of nitrogens with one attached hydrogen (secondary N) is 1. The molecule has 108 valence electrons. The maximum absolute atomic E-state index is 12.1. The van der Waals surface area contributed by atoms with Gasteiger partial charge in [-0.1, -0.05) is 26.3 Å². The molecule has 0 bridgehead atoms. The van der Waals surface area contributed by atoms with Crippen molar-refractivity contribution in [3.8, 4) is 5.75 Å². The van der Waals surface area contributed by atoms with Crippen molar-refractivity contribution >= 4 is 15.7 Å². The van der Waals surface area contributed by atoms with Crippen LogP contribution in [0.25, 0.3) is 0 Å². The van der Waals surface area contributed by atoms with Gasteiger partial charge in [-0.05, 0) is 31.9 Å². The lowest BCUT2D eigenvalue weighted by atomic mass is 10.3. The first-order valence-corrected chi connectivity index (χ1v) is 8.28. The zero-order valence-corrected chi connectivity index (χ0v) is 12.7. The molecule has 0 aliphatic heterocycles. The molecule has 1 atom stereocenters. The van der Waals surface area contributed by atoms with Crippen LogP contribution in [0.2, 0.25) is 0 Å². The normalized spacial score (nSPS) is 13.0. The highest BCUT2D eigenvalue weighted by atomic mass is 32.2. The average Bonchev–Trinajstić information content (AvgIpc) is 2.36. The third-order valence-corrected chi connectivity index (χ3v) is 4.61. The lowest BCUT2D eigenvalue weighted by molar-refractivity contribution is 0.317. The molecular weight excluding hydrogens is 262 g/mol. The average molecular weight is 285 g/mol. The van der Waals surface area contributed by atoms with E-state index >= 15 is 0 Å². The van der Waals surface area contributed by atoms with Crippen LogP contribution in [0, 0.1) is 0 Å². The molecular formula is C14H23NO3S. The summed E-state index contributed by atoms with van der Waals surface area (Å²) in [4.78, 5) is 0. The molecule has 0 saturated heterocycles. The van der Waals surface area contributed by atoms with Crippen LogP contribution in [0.4, 0.5) is 5.69 Å². The number of hydrogen-bond acceptors (Lipinski definition) is 3. The van der Waals surface area contributed by atoms with E-state index in [4.69, 9.17) is 4.74 Å². The fourth-order valence-electron chi connectivity index (χ4n) is 1.70. The van der Waals surface area contributed by atoms with Crippen molar-refractivity contribution in [2.45, 2.75) is 45.3 Å². The van der Waals surface area contributed by atoms with Crippen LogP contribution in [-0.2, 0) is 10.0 Å². The van der Waals surface area contributed by atoms with E-state index in [2.05, 4.69) is 4.72 Å². The van der Waals surface area contributed by atoms with Crippen LogP contribution >= 0.6 is 0 Å². The van der Waals surface area contributed by atoms with Gasteiger partial charge in [0.05, 0.1) is 17.5 Å². The van der Waals surface area contributed by atoms with Gasteiger partial charge >= 0.3 is 0 Å². The Balaban J connectivity index is 2.76. The summed E-state index contributed by atoms with van der Waals surface area (Å²) in [6.45, 7) is 6.36. The molecule has 0 aromatic heterocycles. The zero-order chi connectivity index (χ0) is 14.3. The maximum Gasteiger partial charge on any atom is 0.235 e. The van der Waals surface area contributed by atoms with E-state index in [0.29, 0.717) is 24.5 Å². The van der Waals surface area contributed by atoms with E-state index in [0.717, 1.165) is 12.8 Å². The monoisotopic (exact) mass is 285 g/mol. The molecule has 0 saturated carbocycles. The van der Waals surface area contributed by atoms with Crippen molar-refractivity contribution < 1.29 is 13.2 Å². The Labute approximate surface area is 116 Å². The van der Waals surface area contributed by atoms with Crippen molar-refractivity contribution in [1.82, 2.24) is 0 Å². The zero-order valence-electron chi connectivity index (χ0n) is 11.8. The van der Waals surface area contributed by atoms with Crippen LogP contribution in [0.1, 0.15) is 40.0 Å². The highest BCUT2D eigenvalue weighted by Crippen LogP contribution is 2.20.